The van der Waals surface area contributed by atoms with E-state index in [2.05, 4.69) is 15.3 Å². The third-order valence-corrected chi connectivity index (χ3v) is 2.43. The Hall–Kier alpha value is -2.21. The van der Waals surface area contributed by atoms with Gasteiger partial charge in [0.15, 0.2) is 11.6 Å². The van der Waals surface area contributed by atoms with E-state index in [1.807, 2.05) is 0 Å². The Bertz CT molecular complexity index is 629. The number of hydrogen-bond acceptors (Lipinski definition) is 4. The van der Waals surface area contributed by atoms with Gasteiger partial charge in [0.25, 0.3) is 5.91 Å². The predicted octanol–water partition coefficient (Wildman–Crippen LogP) is 2.54. The zero-order valence-corrected chi connectivity index (χ0v) is 10.6. The van der Waals surface area contributed by atoms with Crippen molar-refractivity contribution in [1.29, 1.82) is 0 Å². The predicted molar refractivity (Wildman–Crippen MR) is 67.8 cm³/mol. The van der Waals surface area contributed by atoms with Crippen LogP contribution < -0.4 is 5.32 Å². The summed E-state index contributed by atoms with van der Waals surface area (Å²) in [6, 6.07) is 4.97. The third kappa shape index (κ3) is 3.17. The Balaban J connectivity index is 2.22. The van der Waals surface area contributed by atoms with Crippen LogP contribution in [0.5, 0.6) is 5.75 Å². The fraction of sp³-hybridized carbons (Fsp3) is 0.0833. The monoisotopic (exact) mass is 281 g/mol. The van der Waals surface area contributed by atoms with Crippen LogP contribution in [0.15, 0.2) is 24.3 Å². The van der Waals surface area contributed by atoms with Crippen molar-refractivity contribution in [2.45, 2.75) is 6.92 Å². The number of phenolic OH excluding ortho intramolecular Hbond substituents is 1. The lowest BCUT2D eigenvalue weighted by Crippen LogP contribution is -2.14. The van der Waals surface area contributed by atoms with Crippen LogP contribution >= 0.6 is 11.6 Å². The van der Waals surface area contributed by atoms with Crippen LogP contribution in [0.2, 0.25) is 5.28 Å². The number of aromatic nitrogens is 2. The number of amides is 1. The first-order chi connectivity index (χ1) is 8.95. The van der Waals surface area contributed by atoms with E-state index in [4.69, 9.17) is 16.7 Å². The molecule has 2 aromatic rings. The van der Waals surface area contributed by atoms with E-state index in [0.29, 0.717) is 5.69 Å². The number of rotatable bonds is 2. The number of aromatic hydroxyl groups is 1. The van der Waals surface area contributed by atoms with Gasteiger partial charge in [-0.15, -0.1) is 0 Å². The molecule has 19 heavy (non-hydrogen) atoms. The second-order valence-electron chi connectivity index (χ2n) is 3.78. The topological polar surface area (TPSA) is 75.1 Å². The molecule has 2 rings (SSSR count). The number of hydrogen-bond donors (Lipinski definition) is 2. The molecule has 0 radical (unpaired) electrons. The maximum Gasteiger partial charge on any atom is 0.274 e. The van der Waals surface area contributed by atoms with Gasteiger partial charge in [-0.2, -0.15) is 0 Å². The summed E-state index contributed by atoms with van der Waals surface area (Å²) in [5, 5.41) is 11.4. The molecular formula is C12H9ClFN3O2. The van der Waals surface area contributed by atoms with Crippen LogP contribution in [-0.4, -0.2) is 21.0 Å². The van der Waals surface area contributed by atoms with Gasteiger partial charge in [0.05, 0.1) is 0 Å². The molecule has 0 spiro atoms. The number of nitrogens with one attached hydrogen (secondary N) is 1. The minimum atomic E-state index is -0.824. The molecule has 2 N–H and O–H groups in total. The normalized spacial score (nSPS) is 10.3. The maximum absolute atomic E-state index is 13.1. The highest BCUT2D eigenvalue weighted by Crippen LogP contribution is 2.19. The number of nitrogens with zero attached hydrogens (tertiary/aromatic N) is 2. The molecule has 1 aromatic carbocycles. The van der Waals surface area contributed by atoms with E-state index >= 15 is 0 Å². The van der Waals surface area contributed by atoms with Gasteiger partial charge in [-0.3, -0.25) is 4.79 Å². The number of carbonyl (C=O) groups is 1. The molecule has 5 nitrogen and oxygen atoms in total. The number of benzene rings is 1. The molecular weight excluding hydrogens is 273 g/mol. The number of anilines is 1. The first-order valence-corrected chi connectivity index (χ1v) is 5.64. The molecule has 0 fully saturated rings. The molecule has 7 heteroatoms. The first-order valence-electron chi connectivity index (χ1n) is 5.27. The van der Waals surface area contributed by atoms with E-state index in [9.17, 15) is 9.18 Å². The molecule has 1 heterocycles. The molecule has 0 aliphatic carbocycles. The average molecular weight is 282 g/mol. The van der Waals surface area contributed by atoms with Crippen molar-refractivity contribution in [3.05, 3.63) is 46.8 Å². The van der Waals surface area contributed by atoms with Gasteiger partial charge in [-0.1, -0.05) is 0 Å². The summed E-state index contributed by atoms with van der Waals surface area (Å²) < 4.78 is 13.1. The van der Waals surface area contributed by atoms with Gasteiger partial charge in [0.1, 0.15) is 5.69 Å². The number of halogens is 2. The lowest BCUT2D eigenvalue weighted by Gasteiger charge is -2.06. The lowest BCUT2D eigenvalue weighted by atomic mass is 10.2. The molecule has 0 bridgehead atoms. The zero-order chi connectivity index (χ0) is 14.0. The van der Waals surface area contributed by atoms with Crippen molar-refractivity contribution in [3.8, 4) is 5.75 Å². The van der Waals surface area contributed by atoms with E-state index < -0.39 is 17.5 Å². The van der Waals surface area contributed by atoms with Crippen LogP contribution in [0.3, 0.4) is 0 Å². The second kappa shape index (κ2) is 5.19. The van der Waals surface area contributed by atoms with Gasteiger partial charge in [0, 0.05) is 17.4 Å². The van der Waals surface area contributed by atoms with Crippen LogP contribution in [-0.2, 0) is 0 Å². The van der Waals surface area contributed by atoms with Gasteiger partial charge < -0.3 is 10.4 Å². The minimum Gasteiger partial charge on any atom is -0.505 e. The van der Waals surface area contributed by atoms with E-state index in [0.717, 1.165) is 12.1 Å². The molecule has 0 aliphatic heterocycles. The third-order valence-electron chi connectivity index (χ3n) is 2.27. The molecule has 98 valence electrons. The fourth-order valence-electron chi connectivity index (χ4n) is 1.43. The second-order valence-corrected chi connectivity index (χ2v) is 4.12. The molecule has 1 amide bonds. The van der Waals surface area contributed by atoms with Crippen LogP contribution in [0.1, 0.15) is 16.2 Å². The standard InChI is InChI=1S/C12H9ClFN3O2/c1-6-4-9(17-12(13)15-6)11(19)16-7-2-3-10(18)8(14)5-7/h2-5,18H,1H3,(H,16,19). The zero-order valence-electron chi connectivity index (χ0n) is 9.82. The molecule has 0 atom stereocenters. The number of aryl methyl sites for hydroxylation is 1. The first kappa shape index (κ1) is 13.2. The van der Waals surface area contributed by atoms with E-state index in [-0.39, 0.29) is 16.7 Å². The van der Waals surface area contributed by atoms with Gasteiger partial charge in [-0.05, 0) is 36.7 Å². The van der Waals surface area contributed by atoms with Gasteiger partial charge in [0.2, 0.25) is 5.28 Å². The summed E-state index contributed by atoms with van der Waals surface area (Å²) in [6.45, 7) is 1.67. The van der Waals surface area contributed by atoms with Gasteiger partial charge >= 0.3 is 0 Å². The summed E-state index contributed by atoms with van der Waals surface area (Å²) in [5.74, 6) is -1.86. The van der Waals surface area contributed by atoms with Crippen molar-refractivity contribution < 1.29 is 14.3 Å². The Kier molecular flexibility index (Phi) is 3.62. The van der Waals surface area contributed by atoms with Crippen molar-refractivity contribution in [3.63, 3.8) is 0 Å². The van der Waals surface area contributed by atoms with Crippen LogP contribution in [0, 0.1) is 12.7 Å². The van der Waals surface area contributed by atoms with Crippen molar-refractivity contribution in [2.24, 2.45) is 0 Å². The molecule has 0 saturated carbocycles. The Labute approximate surface area is 113 Å². The largest absolute Gasteiger partial charge is 0.505 e. The highest BCUT2D eigenvalue weighted by atomic mass is 35.5. The molecule has 1 aromatic heterocycles. The summed E-state index contributed by atoms with van der Waals surface area (Å²) in [6.07, 6.45) is 0. The summed E-state index contributed by atoms with van der Waals surface area (Å²) in [7, 11) is 0. The number of phenols is 1. The molecule has 0 aliphatic rings. The Morgan fingerprint density at radius 3 is 2.74 bits per heavy atom. The van der Waals surface area contributed by atoms with Crippen LogP contribution in [0.4, 0.5) is 10.1 Å². The minimum absolute atomic E-state index is 0.0398. The molecule has 0 unspecified atom stereocenters. The van der Waals surface area contributed by atoms with Crippen molar-refractivity contribution >= 4 is 23.2 Å². The lowest BCUT2D eigenvalue weighted by molar-refractivity contribution is 0.102. The van der Waals surface area contributed by atoms with E-state index in [1.54, 1.807) is 6.92 Å². The Morgan fingerprint density at radius 1 is 1.37 bits per heavy atom. The maximum atomic E-state index is 13.1. The molecule has 0 saturated heterocycles. The quantitative estimate of drug-likeness (QED) is 0.655. The summed E-state index contributed by atoms with van der Waals surface area (Å²) in [5.41, 5.74) is 0.820. The van der Waals surface area contributed by atoms with E-state index in [1.165, 1.54) is 12.1 Å². The Morgan fingerprint density at radius 2 is 2.11 bits per heavy atom. The van der Waals surface area contributed by atoms with Crippen molar-refractivity contribution in [2.75, 3.05) is 5.32 Å². The fourth-order valence-corrected chi connectivity index (χ4v) is 1.65. The summed E-state index contributed by atoms with van der Waals surface area (Å²) in [4.78, 5) is 19.5. The smallest absolute Gasteiger partial charge is 0.274 e. The highest BCUT2D eigenvalue weighted by Gasteiger charge is 2.11. The number of carbonyl (C=O) groups excluding carboxylic acids is 1. The summed E-state index contributed by atoms with van der Waals surface area (Å²) >= 11 is 5.65. The van der Waals surface area contributed by atoms with Gasteiger partial charge in [-0.25, -0.2) is 14.4 Å². The van der Waals surface area contributed by atoms with Crippen molar-refractivity contribution in [1.82, 2.24) is 9.97 Å². The van der Waals surface area contributed by atoms with Crippen LogP contribution in [0.25, 0.3) is 0 Å². The highest BCUT2D eigenvalue weighted by molar-refractivity contribution is 6.28. The SMILES string of the molecule is Cc1cc(C(=O)Nc2ccc(O)c(F)c2)nc(Cl)n1. The average Bonchev–Trinajstić information content (AvgIpc) is 2.32.